The first-order chi connectivity index (χ1) is 15.3. The molecule has 1 N–H and O–H groups in total. The standard InChI is InChI=1S/C25H32N2O5/c1-25(2,3)32-16-20(28)15-26-10-9-24(29)27(13-18-7-5-4-6-8-18)14-19-11-22-23(12-21(19)26)31-17-30-22/h4-8,11-12,20,28H,9-10,13-17H2,1-3H3. The van der Waals surface area contributed by atoms with Crippen LogP contribution in [0.3, 0.4) is 0 Å². The van der Waals surface area contributed by atoms with E-state index in [1.807, 2.05) is 68.1 Å². The van der Waals surface area contributed by atoms with E-state index >= 15 is 0 Å². The molecule has 32 heavy (non-hydrogen) atoms. The van der Waals surface area contributed by atoms with Crippen molar-refractivity contribution in [2.24, 2.45) is 0 Å². The Kier molecular flexibility index (Phi) is 6.58. The van der Waals surface area contributed by atoms with E-state index in [9.17, 15) is 9.90 Å². The molecule has 2 aliphatic heterocycles. The number of benzene rings is 2. The molecule has 1 unspecified atom stereocenters. The van der Waals surface area contributed by atoms with Crippen LogP contribution in [0.5, 0.6) is 11.5 Å². The third kappa shape index (κ3) is 5.53. The average Bonchev–Trinajstić information content (AvgIpc) is 3.21. The minimum atomic E-state index is -0.678. The Morgan fingerprint density at radius 2 is 1.81 bits per heavy atom. The molecule has 0 aliphatic carbocycles. The largest absolute Gasteiger partial charge is 0.454 e. The van der Waals surface area contributed by atoms with E-state index < -0.39 is 6.10 Å². The molecule has 0 saturated carbocycles. The molecule has 0 aromatic heterocycles. The normalized spacial score (nSPS) is 17.1. The predicted molar refractivity (Wildman–Crippen MR) is 122 cm³/mol. The second kappa shape index (κ2) is 9.38. The van der Waals surface area contributed by atoms with E-state index in [2.05, 4.69) is 4.90 Å². The summed E-state index contributed by atoms with van der Waals surface area (Å²) in [4.78, 5) is 17.0. The number of hydrogen-bond donors (Lipinski definition) is 1. The highest BCUT2D eigenvalue weighted by molar-refractivity contribution is 5.78. The number of amides is 1. The third-order valence-corrected chi connectivity index (χ3v) is 5.58. The summed E-state index contributed by atoms with van der Waals surface area (Å²) in [6, 6.07) is 13.9. The van der Waals surface area contributed by atoms with Crippen LogP contribution >= 0.6 is 0 Å². The van der Waals surface area contributed by atoms with Gasteiger partial charge < -0.3 is 29.1 Å². The quantitative estimate of drug-likeness (QED) is 0.743. The second-order valence-corrected chi connectivity index (χ2v) is 9.34. The lowest BCUT2D eigenvalue weighted by atomic mass is 10.1. The first-order valence-electron chi connectivity index (χ1n) is 11.1. The number of carbonyl (C=O) groups is 1. The Hall–Kier alpha value is -2.77. The van der Waals surface area contributed by atoms with Crippen LogP contribution in [0.25, 0.3) is 0 Å². The Labute approximate surface area is 189 Å². The third-order valence-electron chi connectivity index (χ3n) is 5.58. The molecule has 1 amide bonds. The molecular weight excluding hydrogens is 408 g/mol. The van der Waals surface area contributed by atoms with Gasteiger partial charge in [-0.2, -0.15) is 0 Å². The first-order valence-corrected chi connectivity index (χ1v) is 11.1. The highest BCUT2D eigenvalue weighted by Crippen LogP contribution is 2.40. The zero-order chi connectivity index (χ0) is 22.7. The van der Waals surface area contributed by atoms with Gasteiger partial charge in [0.2, 0.25) is 12.7 Å². The minimum Gasteiger partial charge on any atom is -0.454 e. The van der Waals surface area contributed by atoms with Gasteiger partial charge >= 0.3 is 0 Å². The summed E-state index contributed by atoms with van der Waals surface area (Å²) in [5, 5.41) is 10.6. The summed E-state index contributed by atoms with van der Waals surface area (Å²) < 4.78 is 17.0. The van der Waals surface area contributed by atoms with Gasteiger partial charge in [-0.15, -0.1) is 0 Å². The van der Waals surface area contributed by atoms with Crippen molar-refractivity contribution in [3.05, 3.63) is 53.6 Å². The van der Waals surface area contributed by atoms with Gasteiger partial charge in [-0.05, 0) is 38.0 Å². The molecule has 172 valence electrons. The topological polar surface area (TPSA) is 71.5 Å². The second-order valence-electron chi connectivity index (χ2n) is 9.34. The summed E-state index contributed by atoms with van der Waals surface area (Å²) in [7, 11) is 0. The molecule has 0 radical (unpaired) electrons. The molecule has 0 bridgehead atoms. The van der Waals surface area contributed by atoms with Gasteiger partial charge in [0, 0.05) is 44.4 Å². The van der Waals surface area contributed by atoms with E-state index in [0.717, 1.165) is 16.8 Å². The number of rotatable bonds is 6. The maximum Gasteiger partial charge on any atom is 0.231 e. The van der Waals surface area contributed by atoms with Crippen molar-refractivity contribution < 1.29 is 24.1 Å². The molecule has 7 nitrogen and oxygen atoms in total. The Morgan fingerprint density at radius 1 is 1.09 bits per heavy atom. The lowest BCUT2D eigenvalue weighted by molar-refractivity contribution is -0.132. The van der Waals surface area contributed by atoms with Gasteiger partial charge in [-0.1, -0.05) is 30.3 Å². The monoisotopic (exact) mass is 440 g/mol. The first kappa shape index (κ1) is 22.4. The fourth-order valence-corrected chi connectivity index (χ4v) is 3.99. The Bertz CT molecular complexity index is 941. The lowest BCUT2D eigenvalue weighted by Gasteiger charge is -2.35. The van der Waals surface area contributed by atoms with Crippen molar-refractivity contribution in [1.29, 1.82) is 0 Å². The fraction of sp³-hybridized carbons (Fsp3) is 0.480. The average molecular weight is 441 g/mol. The van der Waals surface area contributed by atoms with E-state index in [0.29, 0.717) is 44.1 Å². The van der Waals surface area contributed by atoms with Crippen LogP contribution in [0, 0.1) is 0 Å². The molecule has 2 aromatic carbocycles. The van der Waals surface area contributed by atoms with Crippen LogP contribution in [0.1, 0.15) is 38.3 Å². The van der Waals surface area contributed by atoms with Crippen LogP contribution in [0.2, 0.25) is 0 Å². The van der Waals surface area contributed by atoms with Gasteiger partial charge in [0.05, 0.1) is 18.3 Å². The Balaban J connectivity index is 1.59. The minimum absolute atomic E-state index is 0.0857. The maximum atomic E-state index is 13.1. The van der Waals surface area contributed by atoms with E-state index in [4.69, 9.17) is 14.2 Å². The summed E-state index contributed by atoms with van der Waals surface area (Å²) >= 11 is 0. The smallest absolute Gasteiger partial charge is 0.231 e. The van der Waals surface area contributed by atoms with Crippen molar-refractivity contribution >= 4 is 11.6 Å². The number of aliphatic hydroxyl groups excluding tert-OH is 1. The molecule has 2 aliphatic rings. The van der Waals surface area contributed by atoms with Crippen LogP contribution in [-0.4, -0.2) is 54.1 Å². The number of hydrogen-bond acceptors (Lipinski definition) is 6. The SMILES string of the molecule is CC(C)(C)OCC(O)CN1CCC(=O)N(Cc2ccccc2)Cc2cc3c(cc21)OCO3. The van der Waals surface area contributed by atoms with Gasteiger partial charge in [-0.3, -0.25) is 4.79 Å². The summed E-state index contributed by atoms with van der Waals surface area (Å²) in [5.74, 6) is 1.46. The van der Waals surface area contributed by atoms with Crippen molar-refractivity contribution in [2.45, 2.75) is 52.0 Å². The number of nitrogens with zero attached hydrogens (tertiary/aromatic N) is 2. The molecule has 7 heteroatoms. The number of anilines is 1. The summed E-state index contributed by atoms with van der Waals surface area (Å²) in [5.41, 5.74) is 2.70. The maximum absolute atomic E-state index is 13.1. The number of fused-ring (bicyclic) bond motifs is 2. The highest BCUT2D eigenvalue weighted by Gasteiger charge is 2.28. The number of ether oxygens (including phenoxy) is 3. The predicted octanol–water partition coefficient (Wildman–Crippen LogP) is 3.33. The fourth-order valence-electron chi connectivity index (χ4n) is 3.99. The molecule has 1 atom stereocenters. The summed E-state index contributed by atoms with van der Waals surface area (Å²) in [6.45, 7) is 8.20. The zero-order valence-electron chi connectivity index (χ0n) is 19.0. The highest BCUT2D eigenvalue weighted by atomic mass is 16.7. The van der Waals surface area contributed by atoms with E-state index in [-0.39, 0.29) is 24.9 Å². The molecular formula is C25H32N2O5. The number of carbonyl (C=O) groups excluding carboxylic acids is 1. The lowest BCUT2D eigenvalue weighted by Crippen LogP contribution is -2.42. The van der Waals surface area contributed by atoms with Gasteiger partial charge in [0.1, 0.15) is 0 Å². The molecule has 0 spiro atoms. The molecule has 0 saturated heterocycles. The number of aliphatic hydroxyl groups is 1. The van der Waals surface area contributed by atoms with E-state index in [1.54, 1.807) is 0 Å². The molecule has 2 heterocycles. The molecule has 2 aromatic rings. The van der Waals surface area contributed by atoms with Crippen molar-refractivity contribution in [1.82, 2.24) is 4.90 Å². The van der Waals surface area contributed by atoms with Crippen LogP contribution in [-0.2, 0) is 22.6 Å². The zero-order valence-corrected chi connectivity index (χ0v) is 19.0. The number of β-amino-alcohol motifs (C(OH)–C–C–N with tert-alkyl or cyclic N) is 1. The van der Waals surface area contributed by atoms with Crippen LogP contribution < -0.4 is 14.4 Å². The Morgan fingerprint density at radius 3 is 2.53 bits per heavy atom. The van der Waals surface area contributed by atoms with E-state index in [1.165, 1.54) is 0 Å². The molecule has 4 rings (SSSR count). The molecule has 0 fully saturated rings. The summed E-state index contributed by atoms with van der Waals surface area (Å²) in [6.07, 6.45) is -0.310. The van der Waals surface area contributed by atoms with Gasteiger partial charge in [0.15, 0.2) is 11.5 Å². The van der Waals surface area contributed by atoms with Gasteiger partial charge in [0.25, 0.3) is 0 Å². The van der Waals surface area contributed by atoms with Crippen molar-refractivity contribution in [2.75, 3.05) is 31.4 Å². The van der Waals surface area contributed by atoms with Crippen LogP contribution in [0.15, 0.2) is 42.5 Å². The van der Waals surface area contributed by atoms with Crippen molar-refractivity contribution in [3.63, 3.8) is 0 Å². The van der Waals surface area contributed by atoms with Crippen molar-refractivity contribution in [3.8, 4) is 11.5 Å². The van der Waals surface area contributed by atoms with Crippen LogP contribution in [0.4, 0.5) is 5.69 Å². The van der Waals surface area contributed by atoms with Gasteiger partial charge in [-0.25, -0.2) is 0 Å².